The second kappa shape index (κ2) is 10.9. The van der Waals surface area contributed by atoms with Gasteiger partial charge >= 0.3 is 17.7 Å². The van der Waals surface area contributed by atoms with Crippen molar-refractivity contribution in [2.24, 2.45) is 0 Å². The van der Waals surface area contributed by atoms with E-state index >= 15 is 0 Å². The molecule has 2 rings (SSSR count). The molecule has 9 heteroatoms. The van der Waals surface area contributed by atoms with Crippen molar-refractivity contribution < 1.29 is 23.5 Å². The molecule has 1 aromatic heterocycles. The third-order valence-corrected chi connectivity index (χ3v) is 5.14. The average Bonchev–Trinajstić information content (AvgIpc) is 2.65. The molecule has 0 aliphatic rings. The normalized spacial score (nSPS) is 12.5. The number of rotatable bonds is 8. The van der Waals surface area contributed by atoms with Gasteiger partial charge in [-0.1, -0.05) is 24.9 Å². The predicted molar refractivity (Wildman–Crippen MR) is 123 cm³/mol. The number of amides is 1. The van der Waals surface area contributed by atoms with Crippen molar-refractivity contribution in [1.29, 1.82) is 0 Å². The van der Waals surface area contributed by atoms with Crippen LogP contribution in [0.4, 0.5) is 4.79 Å². The Bertz CT molecular complexity index is 998. The highest BCUT2D eigenvalue weighted by Crippen LogP contribution is 2.32. The second-order valence-electron chi connectivity index (χ2n) is 8.02. The van der Waals surface area contributed by atoms with Crippen LogP contribution in [0.25, 0.3) is 11.0 Å². The van der Waals surface area contributed by atoms with Crippen molar-refractivity contribution in [3.05, 3.63) is 39.2 Å². The lowest BCUT2D eigenvalue weighted by atomic mass is 10.1. The first-order valence-corrected chi connectivity index (χ1v) is 11.8. The fourth-order valence-corrected chi connectivity index (χ4v) is 3.57. The van der Waals surface area contributed by atoms with Crippen molar-refractivity contribution >= 4 is 46.4 Å². The summed E-state index contributed by atoms with van der Waals surface area (Å²) in [6.07, 6.45) is 3.07. The average molecular weight is 470 g/mol. The van der Waals surface area contributed by atoms with E-state index in [2.05, 4.69) is 5.32 Å². The number of hydrogen-bond donors (Lipinski definition) is 1. The lowest BCUT2D eigenvalue weighted by Crippen LogP contribution is -2.45. The SMILES string of the molecule is CCCc1cc(=O)oc2cc(OC(=O)C(CCSC)NC(=O)OC(C)(C)C)c(Cl)cc12. The Morgan fingerprint density at radius 1 is 1.26 bits per heavy atom. The number of nitrogens with one attached hydrogen (secondary N) is 1. The van der Waals surface area contributed by atoms with Crippen LogP contribution in [0.3, 0.4) is 0 Å². The Balaban J connectivity index is 2.28. The first-order valence-electron chi connectivity index (χ1n) is 10.0. The maximum Gasteiger partial charge on any atom is 0.408 e. The molecule has 1 heterocycles. The molecule has 0 radical (unpaired) electrons. The number of alkyl carbamates (subject to hydrolysis) is 1. The summed E-state index contributed by atoms with van der Waals surface area (Å²) in [6.45, 7) is 7.20. The van der Waals surface area contributed by atoms with Gasteiger partial charge in [0.25, 0.3) is 0 Å². The van der Waals surface area contributed by atoms with Crippen LogP contribution in [0.15, 0.2) is 27.4 Å². The Morgan fingerprint density at radius 2 is 1.97 bits per heavy atom. The number of esters is 1. The molecule has 1 amide bonds. The van der Waals surface area contributed by atoms with Crippen molar-refractivity contribution in [3.8, 4) is 5.75 Å². The largest absolute Gasteiger partial charge is 0.444 e. The first kappa shape index (κ1) is 25.1. The van der Waals surface area contributed by atoms with Gasteiger partial charge in [-0.2, -0.15) is 11.8 Å². The maximum atomic E-state index is 12.8. The zero-order valence-electron chi connectivity index (χ0n) is 18.4. The van der Waals surface area contributed by atoms with Crippen LogP contribution < -0.4 is 15.7 Å². The molecule has 0 saturated carbocycles. The number of carbonyl (C=O) groups excluding carboxylic acids is 2. The van der Waals surface area contributed by atoms with Crippen LogP contribution in [0.1, 0.15) is 46.1 Å². The quantitative estimate of drug-likeness (QED) is 0.332. The van der Waals surface area contributed by atoms with Crippen LogP contribution in [0, 0.1) is 0 Å². The maximum absolute atomic E-state index is 12.8. The molecule has 0 saturated heterocycles. The van der Waals surface area contributed by atoms with E-state index < -0.39 is 29.3 Å². The monoisotopic (exact) mass is 469 g/mol. The van der Waals surface area contributed by atoms with Crippen molar-refractivity contribution in [2.45, 2.75) is 58.6 Å². The van der Waals surface area contributed by atoms with Crippen LogP contribution in [0.5, 0.6) is 5.75 Å². The van der Waals surface area contributed by atoms with Gasteiger partial charge in [0.05, 0.1) is 5.02 Å². The van der Waals surface area contributed by atoms with Gasteiger partial charge in [-0.05, 0) is 57.3 Å². The van der Waals surface area contributed by atoms with Gasteiger partial charge in [0.1, 0.15) is 17.2 Å². The molecule has 0 aliphatic heterocycles. The minimum Gasteiger partial charge on any atom is -0.444 e. The van der Waals surface area contributed by atoms with Gasteiger partial charge in [0, 0.05) is 17.5 Å². The number of aryl methyl sites for hydroxylation is 1. The first-order chi connectivity index (χ1) is 14.5. The minimum absolute atomic E-state index is 0.0519. The smallest absolute Gasteiger partial charge is 0.408 e. The number of carbonyl (C=O) groups is 2. The number of halogens is 1. The molecule has 31 heavy (non-hydrogen) atoms. The van der Waals surface area contributed by atoms with E-state index in [0.29, 0.717) is 24.0 Å². The van der Waals surface area contributed by atoms with Crippen molar-refractivity contribution in [1.82, 2.24) is 5.32 Å². The zero-order valence-corrected chi connectivity index (χ0v) is 19.9. The minimum atomic E-state index is -0.924. The van der Waals surface area contributed by atoms with E-state index in [0.717, 1.165) is 12.0 Å². The summed E-state index contributed by atoms with van der Waals surface area (Å²) in [6, 6.07) is 3.56. The Kier molecular flexibility index (Phi) is 8.82. The highest BCUT2D eigenvalue weighted by Gasteiger charge is 2.26. The molecular formula is C22H28ClNO6S. The molecule has 0 bridgehead atoms. The van der Waals surface area contributed by atoms with E-state index in [-0.39, 0.29) is 16.4 Å². The predicted octanol–water partition coefficient (Wildman–Crippen LogP) is 4.95. The fraction of sp³-hybridized carbons (Fsp3) is 0.500. The molecular weight excluding hydrogens is 442 g/mol. The Hall–Kier alpha value is -2.19. The number of benzene rings is 1. The number of hydrogen-bond acceptors (Lipinski definition) is 7. The standard InChI is InChI=1S/C22H28ClNO6S/c1-6-7-13-10-19(25)28-17-12-18(15(23)11-14(13)17)29-20(26)16(8-9-31-5)24-21(27)30-22(2,3)4/h10-12,16H,6-9H2,1-5H3,(H,24,27). The van der Waals surface area contributed by atoms with Crippen molar-refractivity contribution in [2.75, 3.05) is 12.0 Å². The Morgan fingerprint density at radius 3 is 2.58 bits per heavy atom. The molecule has 0 aliphatic carbocycles. The van der Waals surface area contributed by atoms with Gasteiger partial charge in [-0.15, -0.1) is 0 Å². The van der Waals surface area contributed by atoms with E-state index in [1.54, 1.807) is 26.8 Å². The van der Waals surface area contributed by atoms with E-state index in [1.165, 1.54) is 23.9 Å². The summed E-state index contributed by atoms with van der Waals surface area (Å²) in [5.74, 6) is -0.0136. The van der Waals surface area contributed by atoms with E-state index in [1.807, 2.05) is 13.2 Å². The summed E-state index contributed by atoms with van der Waals surface area (Å²) in [5.41, 5.74) is -0.0881. The second-order valence-corrected chi connectivity index (χ2v) is 9.41. The highest BCUT2D eigenvalue weighted by molar-refractivity contribution is 7.98. The summed E-state index contributed by atoms with van der Waals surface area (Å²) >= 11 is 7.88. The van der Waals surface area contributed by atoms with Gasteiger partial charge in [0.15, 0.2) is 5.75 Å². The summed E-state index contributed by atoms with van der Waals surface area (Å²) in [5, 5.41) is 3.45. The fourth-order valence-electron chi connectivity index (χ4n) is 2.90. The van der Waals surface area contributed by atoms with Crippen LogP contribution in [0.2, 0.25) is 5.02 Å². The lowest BCUT2D eigenvalue weighted by Gasteiger charge is -2.23. The molecule has 1 unspecified atom stereocenters. The van der Waals surface area contributed by atoms with E-state index in [4.69, 9.17) is 25.5 Å². The molecule has 2 aromatic rings. The number of thioether (sulfide) groups is 1. The van der Waals surface area contributed by atoms with Gasteiger partial charge in [-0.25, -0.2) is 14.4 Å². The molecule has 1 atom stereocenters. The topological polar surface area (TPSA) is 94.8 Å². The molecule has 0 fully saturated rings. The molecule has 0 spiro atoms. The molecule has 1 aromatic carbocycles. The number of ether oxygens (including phenoxy) is 2. The molecule has 1 N–H and O–H groups in total. The lowest BCUT2D eigenvalue weighted by molar-refractivity contribution is -0.136. The summed E-state index contributed by atoms with van der Waals surface area (Å²) in [7, 11) is 0. The van der Waals surface area contributed by atoms with Crippen LogP contribution in [-0.4, -0.2) is 35.7 Å². The third-order valence-electron chi connectivity index (χ3n) is 4.20. The van der Waals surface area contributed by atoms with Crippen molar-refractivity contribution in [3.63, 3.8) is 0 Å². The third kappa shape index (κ3) is 7.47. The summed E-state index contributed by atoms with van der Waals surface area (Å²) < 4.78 is 16.0. The van der Waals surface area contributed by atoms with Gasteiger partial charge in [0.2, 0.25) is 0 Å². The highest BCUT2D eigenvalue weighted by atomic mass is 35.5. The Labute approximate surface area is 190 Å². The number of fused-ring (bicyclic) bond motifs is 1. The van der Waals surface area contributed by atoms with Gasteiger partial charge in [-0.3, -0.25) is 0 Å². The van der Waals surface area contributed by atoms with Crippen LogP contribution >= 0.6 is 23.4 Å². The van der Waals surface area contributed by atoms with E-state index in [9.17, 15) is 14.4 Å². The molecule has 170 valence electrons. The zero-order chi connectivity index (χ0) is 23.2. The molecule has 7 nitrogen and oxygen atoms in total. The van der Waals surface area contributed by atoms with Crippen LogP contribution in [-0.2, 0) is 16.0 Å². The summed E-state index contributed by atoms with van der Waals surface area (Å²) in [4.78, 5) is 36.8. The van der Waals surface area contributed by atoms with Gasteiger partial charge < -0.3 is 19.2 Å².